The number of carbonyl (C=O) groups excluding carboxylic acids is 1. The first kappa shape index (κ1) is 12.1. The minimum absolute atomic E-state index is 0.0307. The summed E-state index contributed by atoms with van der Waals surface area (Å²) >= 11 is 0. The molecule has 1 saturated carbocycles. The highest BCUT2D eigenvalue weighted by Gasteiger charge is 2.29. The fourth-order valence-corrected chi connectivity index (χ4v) is 2.10. The molecule has 5 nitrogen and oxygen atoms in total. The van der Waals surface area contributed by atoms with E-state index in [1.54, 1.807) is 17.1 Å². The topological polar surface area (TPSA) is 58.4 Å². The van der Waals surface area contributed by atoms with Crippen LogP contribution in [0.3, 0.4) is 0 Å². The van der Waals surface area contributed by atoms with Gasteiger partial charge in [-0.05, 0) is 25.7 Å². The van der Waals surface area contributed by atoms with Crippen molar-refractivity contribution >= 4 is 5.91 Å². The monoisotopic (exact) mass is 237 g/mol. The fourth-order valence-electron chi connectivity index (χ4n) is 2.10. The van der Waals surface area contributed by atoms with Crippen molar-refractivity contribution in [1.82, 2.24) is 14.5 Å². The summed E-state index contributed by atoms with van der Waals surface area (Å²) < 4.78 is 1.74. The summed E-state index contributed by atoms with van der Waals surface area (Å²) in [6, 6.07) is 0.351. The number of hydrogen-bond acceptors (Lipinski definition) is 3. The van der Waals surface area contributed by atoms with Gasteiger partial charge in [0.2, 0.25) is 0 Å². The number of aliphatic hydroxyl groups excluding tert-OH is 1. The molecule has 17 heavy (non-hydrogen) atoms. The number of rotatable bonds is 5. The first-order valence-corrected chi connectivity index (χ1v) is 6.12. The molecule has 1 fully saturated rings. The van der Waals surface area contributed by atoms with E-state index >= 15 is 0 Å². The van der Waals surface area contributed by atoms with Crippen molar-refractivity contribution in [2.45, 2.75) is 31.7 Å². The van der Waals surface area contributed by atoms with E-state index in [4.69, 9.17) is 5.11 Å². The van der Waals surface area contributed by atoms with Gasteiger partial charge in [0, 0.05) is 26.2 Å². The van der Waals surface area contributed by atoms with Crippen LogP contribution in [0.4, 0.5) is 0 Å². The van der Waals surface area contributed by atoms with Crippen LogP contribution < -0.4 is 0 Å². The Bertz CT molecular complexity index is 385. The third-order valence-corrected chi connectivity index (χ3v) is 3.37. The molecule has 1 amide bonds. The summed E-state index contributed by atoms with van der Waals surface area (Å²) in [5.74, 6) is 0.0307. The Labute approximate surface area is 101 Å². The molecule has 0 aliphatic heterocycles. The zero-order valence-corrected chi connectivity index (χ0v) is 10.2. The fraction of sp³-hybridized carbons (Fsp3) is 0.667. The summed E-state index contributed by atoms with van der Waals surface area (Å²) in [6.07, 6.45) is 7.23. The third-order valence-electron chi connectivity index (χ3n) is 3.37. The molecule has 2 rings (SSSR count). The third kappa shape index (κ3) is 2.49. The summed E-state index contributed by atoms with van der Waals surface area (Å²) in [5, 5.41) is 8.90. The number of imidazole rings is 1. The summed E-state index contributed by atoms with van der Waals surface area (Å²) in [5.41, 5.74) is 0.620. The van der Waals surface area contributed by atoms with Crippen LogP contribution in [0.2, 0.25) is 0 Å². The second-order valence-electron chi connectivity index (χ2n) is 4.55. The molecule has 1 aromatic rings. The van der Waals surface area contributed by atoms with E-state index in [1.807, 2.05) is 11.9 Å². The van der Waals surface area contributed by atoms with Gasteiger partial charge in [-0.2, -0.15) is 0 Å². The number of aryl methyl sites for hydroxylation is 1. The van der Waals surface area contributed by atoms with Crippen molar-refractivity contribution in [3.8, 4) is 0 Å². The van der Waals surface area contributed by atoms with Crippen LogP contribution >= 0.6 is 0 Å². The first-order valence-electron chi connectivity index (χ1n) is 6.12. The van der Waals surface area contributed by atoms with E-state index in [0.29, 0.717) is 24.7 Å². The lowest BCUT2D eigenvalue weighted by Gasteiger charge is -2.37. The van der Waals surface area contributed by atoms with E-state index in [2.05, 4.69) is 4.98 Å². The predicted octanol–water partition coefficient (Wildman–Crippen LogP) is 0.797. The van der Waals surface area contributed by atoms with E-state index in [-0.39, 0.29) is 12.5 Å². The number of carbonyl (C=O) groups is 1. The molecular weight excluding hydrogens is 218 g/mol. The van der Waals surface area contributed by atoms with Crippen LogP contribution in [0.1, 0.15) is 36.2 Å². The number of hydrogen-bond donors (Lipinski definition) is 1. The number of amides is 1. The zero-order valence-electron chi connectivity index (χ0n) is 10.2. The molecule has 1 N–H and O–H groups in total. The highest BCUT2D eigenvalue weighted by Crippen LogP contribution is 2.26. The van der Waals surface area contributed by atoms with Gasteiger partial charge >= 0.3 is 0 Å². The molecule has 1 aromatic heterocycles. The molecule has 0 spiro atoms. The Balaban J connectivity index is 2.09. The maximum absolute atomic E-state index is 12.4. The van der Waals surface area contributed by atoms with E-state index in [9.17, 15) is 4.79 Å². The minimum atomic E-state index is 0.0307. The van der Waals surface area contributed by atoms with Crippen molar-refractivity contribution in [3.63, 3.8) is 0 Å². The highest BCUT2D eigenvalue weighted by molar-refractivity contribution is 5.92. The SMILES string of the molecule is Cn1cncc1C(=O)N(CCCO)C1CCC1. The minimum Gasteiger partial charge on any atom is -0.396 e. The second-order valence-corrected chi connectivity index (χ2v) is 4.55. The highest BCUT2D eigenvalue weighted by atomic mass is 16.3. The Morgan fingerprint density at radius 1 is 1.65 bits per heavy atom. The van der Waals surface area contributed by atoms with Crippen LogP contribution in [-0.4, -0.2) is 44.7 Å². The zero-order chi connectivity index (χ0) is 12.3. The Morgan fingerprint density at radius 3 is 2.88 bits per heavy atom. The van der Waals surface area contributed by atoms with Crippen LogP contribution in [0.5, 0.6) is 0 Å². The van der Waals surface area contributed by atoms with Crippen LogP contribution in [-0.2, 0) is 7.05 Å². The normalized spacial score (nSPS) is 15.6. The van der Waals surface area contributed by atoms with Crippen LogP contribution in [0.25, 0.3) is 0 Å². The van der Waals surface area contributed by atoms with E-state index in [0.717, 1.165) is 12.8 Å². The molecule has 1 aliphatic carbocycles. The smallest absolute Gasteiger partial charge is 0.272 e. The van der Waals surface area contributed by atoms with Gasteiger partial charge in [0.15, 0.2) is 0 Å². The van der Waals surface area contributed by atoms with Crippen LogP contribution in [0.15, 0.2) is 12.5 Å². The number of aromatic nitrogens is 2. The van der Waals surface area contributed by atoms with Crippen molar-refractivity contribution in [1.29, 1.82) is 0 Å². The quantitative estimate of drug-likeness (QED) is 0.824. The molecule has 0 radical (unpaired) electrons. The molecular formula is C12H19N3O2. The molecule has 0 unspecified atom stereocenters. The number of aliphatic hydroxyl groups is 1. The molecule has 1 aliphatic rings. The molecule has 0 saturated heterocycles. The summed E-state index contributed by atoms with van der Waals surface area (Å²) in [4.78, 5) is 18.2. The Hall–Kier alpha value is -1.36. The average Bonchev–Trinajstić information content (AvgIpc) is 2.67. The lowest BCUT2D eigenvalue weighted by molar-refractivity contribution is 0.0553. The number of nitrogens with zero attached hydrogens (tertiary/aromatic N) is 3. The van der Waals surface area contributed by atoms with Crippen LogP contribution in [0, 0.1) is 0 Å². The molecule has 94 valence electrons. The maximum atomic E-state index is 12.4. The van der Waals surface area contributed by atoms with Gasteiger partial charge in [-0.1, -0.05) is 0 Å². The Morgan fingerprint density at radius 2 is 2.41 bits per heavy atom. The lowest BCUT2D eigenvalue weighted by Crippen LogP contribution is -2.45. The van der Waals surface area contributed by atoms with Crippen molar-refractivity contribution in [2.24, 2.45) is 7.05 Å². The summed E-state index contributed by atoms with van der Waals surface area (Å²) in [7, 11) is 1.82. The van der Waals surface area contributed by atoms with Gasteiger partial charge in [-0.3, -0.25) is 4.79 Å². The average molecular weight is 237 g/mol. The van der Waals surface area contributed by atoms with Crippen molar-refractivity contribution in [2.75, 3.05) is 13.2 Å². The van der Waals surface area contributed by atoms with Gasteiger partial charge < -0.3 is 14.6 Å². The largest absolute Gasteiger partial charge is 0.396 e. The second kappa shape index (κ2) is 5.31. The maximum Gasteiger partial charge on any atom is 0.272 e. The van der Waals surface area contributed by atoms with Gasteiger partial charge in [0.1, 0.15) is 5.69 Å². The molecule has 0 atom stereocenters. The molecule has 0 bridgehead atoms. The van der Waals surface area contributed by atoms with Crippen molar-refractivity contribution in [3.05, 3.63) is 18.2 Å². The standard InChI is InChI=1S/C12H19N3O2/c1-14-9-13-8-11(14)12(17)15(6-3-7-16)10-4-2-5-10/h8-10,16H,2-7H2,1H3. The Kier molecular flexibility index (Phi) is 3.78. The van der Waals surface area contributed by atoms with Gasteiger partial charge in [0.05, 0.1) is 12.5 Å². The van der Waals surface area contributed by atoms with E-state index in [1.165, 1.54) is 6.42 Å². The molecule has 1 heterocycles. The van der Waals surface area contributed by atoms with Gasteiger partial charge in [-0.15, -0.1) is 0 Å². The molecule has 0 aromatic carbocycles. The molecule has 5 heteroatoms. The van der Waals surface area contributed by atoms with E-state index < -0.39 is 0 Å². The van der Waals surface area contributed by atoms with Gasteiger partial charge in [-0.25, -0.2) is 4.98 Å². The predicted molar refractivity (Wildman–Crippen MR) is 63.6 cm³/mol. The first-order chi connectivity index (χ1) is 8.24. The van der Waals surface area contributed by atoms with Crippen molar-refractivity contribution < 1.29 is 9.90 Å². The summed E-state index contributed by atoms with van der Waals surface area (Å²) in [6.45, 7) is 0.757. The lowest BCUT2D eigenvalue weighted by atomic mass is 9.91. The van der Waals surface area contributed by atoms with Gasteiger partial charge in [0.25, 0.3) is 5.91 Å².